The van der Waals surface area contributed by atoms with E-state index in [1.165, 1.54) is 0 Å². The molecule has 0 amide bonds. The molecule has 0 aliphatic rings. The Morgan fingerprint density at radius 3 is 2.57 bits per heavy atom. The van der Waals surface area contributed by atoms with E-state index >= 15 is 0 Å². The lowest BCUT2D eigenvalue weighted by Crippen LogP contribution is -2.15. The first-order valence-electron chi connectivity index (χ1n) is 4.80. The van der Waals surface area contributed by atoms with Crippen LogP contribution in [0.15, 0.2) is 12.1 Å². The van der Waals surface area contributed by atoms with E-state index in [9.17, 15) is 5.11 Å². The lowest BCUT2D eigenvalue weighted by molar-refractivity contribution is 0.196. The van der Waals surface area contributed by atoms with Crippen LogP contribution in [0.3, 0.4) is 0 Å². The second-order valence-corrected chi connectivity index (χ2v) is 3.90. The number of aromatic nitrogens is 1. The maximum absolute atomic E-state index is 9.55. The number of hydrogen-bond acceptors (Lipinski definition) is 3. The molecule has 0 spiro atoms. The minimum absolute atomic E-state index is 0.446. The van der Waals surface area contributed by atoms with E-state index < -0.39 is 6.10 Å². The molecule has 1 aromatic heterocycles. The Labute approximate surface area is 85.4 Å². The van der Waals surface area contributed by atoms with E-state index in [1.54, 1.807) is 6.92 Å². The molecule has 0 aromatic carbocycles. The molecule has 1 heterocycles. The van der Waals surface area contributed by atoms with Crippen molar-refractivity contribution < 1.29 is 5.11 Å². The Bertz CT molecular complexity index is 308. The Morgan fingerprint density at radius 2 is 2.07 bits per heavy atom. The Morgan fingerprint density at radius 1 is 1.43 bits per heavy atom. The summed E-state index contributed by atoms with van der Waals surface area (Å²) >= 11 is 0. The lowest BCUT2D eigenvalue weighted by atomic mass is 10.1. The number of aliphatic hydroxyl groups excluding tert-OH is 1. The average molecular weight is 194 g/mol. The monoisotopic (exact) mass is 194 g/mol. The normalized spacial score (nSPS) is 13.3. The number of pyridine rings is 1. The van der Waals surface area contributed by atoms with Crippen molar-refractivity contribution >= 4 is 0 Å². The summed E-state index contributed by atoms with van der Waals surface area (Å²) in [7, 11) is 3.99. The minimum Gasteiger partial charge on any atom is -0.389 e. The van der Waals surface area contributed by atoms with Gasteiger partial charge in [0.05, 0.1) is 11.8 Å². The van der Waals surface area contributed by atoms with Crippen molar-refractivity contribution in [2.24, 2.45) is 0 Å². The molecule has 0 unspecified atom stereocenters. The van der Waals surface area contributed by atoms with Crippen LogP contribution in [-0.2, 0) is 6.54 Å². The van der Waals surface area contributed by atoms with Crippen LogP contribution in [-0.4, -0.2) is 29.1 Å². The van der Waals surface area contributed by atoms with Gasteiger partial charge in [0.25, 0.3) is 0 Å². The molecule has 3 nitrogen and oxygen atoms in total. The second-order valence-electron chi connectivity index (χ2n) is 3.90. The Hall–Kier alpha value is -0.930. The minimum atomic E-state index is -0.446. The molecule has 0 bridgehead atoms. The molecule has 1 N–H and O–H groups in total. The van der Waals surface area contributed by atoms with Gasteiger partial charge < -0.3 is 10.0 Å². The fourth-order valence-corrected chi connectivity index (χ4v) is 1.43. The first-order valence-corrected chi connectivity index (χ1v) is 4.80. The molecule has 0 saturated heterocycles. The fourth-order valence-electron chi connectivity index (χ4n) is 1.43. The van der Waals surface area contributed by atoms with Crippen molar-refractivity contribution in [1.29, 1.82) is 0 Å². The van der Waals surface area contributed by atoms with Gasteiger partial charge in [-0.05, 0) is 34.0 Å². The zero-order valence-corrected chi connectivity index (χ0v) is 9.28. The molecule has 0 fully saturated rings. The van der Waals surface area contributed by atoms with Crippen LogP contribution in [0.1, 0.15) is 30.0 Å². The maximum atomic E-state index is 9.55. The third-order valence-electron chi connectivity index (χ3n) is 2.06. The highest BCUT2D eigenvalue weighted by Gasteiger charge is 2.09. The molecule has 1 rings (SSSR count). The number of aliphatic hydroxyl groups is 1. The van der Waals surface area contributed by atoms with Crippen molar-refractivity contribution in [3.63, 3.8) is 0 Å². The van der Waals surface area contributed by atoms with Crippen LogP contribution < -0.4 is 0 Å². The van der Waals surface area contributed by atoms with E-state index in [2.05, 4.69) is 4.98 Å². The lowest BCUT2D eigenvalue weighted by Gasteiger charge is -2.15. The molecule has 1 aromatic rings. The summed E-state index contributed by atoms with van der Waals surface area (Å²) in [6, 6.07) is 3.88. The van der Waals surface area contributed by atoms with Crippen molar-refractivity contribution in [2.45, 2.75) is 26.5 Å². The SMILES string of the molecule is Cc1ccc([C@H](C)O)c(CN(C)C)n1. The van der Waals surface area contributed by atoms with Crippen LogP contribution in [0.4, 0.5) is 0 Å². The molecule has 14 heavy (non-hydrogen) atoms. The fraction of sp³-hybridized carbons (Fsp3) is 0.545. The van der Waals surface area contributed by atoms with Crippen molar-refractivity contribution in [3.8, 4) is 0 Å². The number of rotatable bonds is 3. The molecule has 0 aliphatic carbocycles. The molecule has 0 radical (unpaired) electrons. The third-order valence-corrected chi connectivity index (χ3v) is 2.06. The van der Waals surface area contributed by atoms with Gasteiger partial charge in [-0.2, -0.15) is 0 Å². The first kappa shape index (κ1) is 11.1. The smallest absolute Gasteiger partial charge is 0.0780 e. The van der Waals surface area contributed by atoms with Crippen LogP contribution >= 0.6 is 0 Å². The number of hydrogen-bond donors (Lipinski definition) is 1. The van der Waals surface area contributed by atoms with Crippen LogP contribution in [0.5, 0.6) is 0 Å². The molecule has 78 valence electrons. The average Bonchev–Trinajstić information content (AvgIpc) is 2.01. The third kappa shape index (κ3) is 2.79. The van der Waals surface area contributed by atoms with Gasteiger partial charge in [-0.3, -0.25) is 4.98 Å². The topological polar surface area (TPSA) is 36.4 Å². The van der Waals surface area contributed by atoms with Gasteiger partial charge in [-0.15, -0.1) is 0 Å². The summed E-state index contributed by atoms with van der Waals surface area (Å²) in [5.41, 5.74) is 2.88. The van der Waals surface area contributed by atoms with Crippen molar-refractivity contribution in [3.05, 3.63) is 29.1 Å². The van der Waals surface area contributed by atoms with Gasteiger partial charge in [-0.1, -0.05) is 6.07 Å². The molecule has 3 heteroatoms. The Kier molecular flexibility index (Phi) is 3.61. The maximum Gasteiger partial charge on any atom is 0.0780 e. The standard InChI is InChI=1S/C11H18N2O/c1-8-5-6-10(9(2)14)11(12-8)7-13(3)4/h5-6,9,14H,7H2,1-4H3/t9-/m0/s1. The van der Waals surface area contributed by atoms with E-state index in [0.29, 0.717) is 0 Å². The van der Waals surface area contributed by atoms with Crippen LogP contribution in [0.25, 0.3) is 0 Å². The molecular weight excluding hydrogens is 176 g/mol. The van der Waals surface area contributed by atoms with E-state index in [0.717, 1.165) is 23.5 Å². The highest BCUT2D eigenvalue weighted by Crippen LogP contribution is 2.17. The number of nitrogens with zero attached hydrogens (tertiary/aromatic N) is 2. The predicted octanol–water partition coefficient (Wildman–Crippen LogP) is 1.50. The van der Waals surface area contributed by atoms with E-state index in [1.807, 2.05) is 38.1 Å². The van der Waals surface area contributed by atoms with Gasteiger partial charge in [0.15, 0.2) is 0 Å². The number of aryl methyl sites for hydroxylation is 1. The quantitative estimate of drug-likeness (QED) is 0.792. The molecular formula is C11H18N2O. The van der Waals surface area contributed by atoms with Crippen LogP contribution in [0.2, 0.25) is 0 Å². The van der Waals surface area contributed by atoms with Crippen molar-refractivity contribution in [1.82, 2.24) is 9.88 Å². The van der Waals surface area contributed by atoms with Crippen LogP contribution in [0, 0.1) is 6.92 Å². The van der Waals surface area contributed by atoms with E-state index in [4.69, 9.17) is 0 Å². The predicted molar refractivity (Wildman–Crippen MR) is 57.0 cm³/mol. The second kappa shape index (κ2) is 4.53. The summed E-state index contributed by atoms with van der Waals surface area (Å²) in [5.74, 6) is 0. The summed E-state index contributed by atoms with van der Waals surface area (Å²) in [5, 5.41) is 9.55. The summed E-state index contributed by atoms with van der Waals surface area (Å²) in [6.07, 6.45) is -0.446. The van der Waals surface area contributed by atoms with Gasteiger partial charge in [0.2, 0.25) is 0 Å². The van der Waals surface area contributed by atoms with Gasteiger partial charge in [-0.25, -0.2) is 0 Å². The summed E-state index contributed by atoms with van der Waals surface area (Å²) < 4.78 is 0. The van der Waals surface area contributed by atoms with Gasteiger partial charge >= 0.3 is 0 Å². The van der Waals surface area contributed by atoms with Gasteiger partial charge in [0.1, 0.15) is 0 Å². The molecule has 0 aliphatic heterocycles. The van der Waals surface area contributed by atoms with E-state index in [-0.39, 0.29) is 0 Å². The van der Waals surface area contributed by atoms with Gasteiger partial charge in [0, 0.05) is 17.8 Å². The highest BCUT2D eigenvalue weighted by molar-refractivity contribution is 5.24. The highest BCUT2D eigenvalue weighted by atomic mass is 16.3. The largest absolute Gasteiger partial charge is 0.389 e. The molecule has 1 atom stereocenters. The Balaban J connectivity index is 3.03. The molecule has 0 saturated carbocycles. The van der Waals surface area contributed by atoms with Crippen molar-refractivity contribution in [2.75, 3.05) is 14.1 Å². The zero-order chi connectivity index (χ0) is 10.7. The zero-order valence-electron chi connectivity index (χ0n) is 9.28. The summed E-state index contributed by atoms with van der Waals surface area (Å²) in [6.45, 7) is 4.50. The first-order chi connectivity index (χ1) is 6.50. The summed E-state index contributed by atoms with van der Waals surface area (Å²) in [4.78, 5) is 6.48.